The Kier molecular flexibility index (Phi) is 4.25. The average molecular weight is 383 g/mol. The molecule has 0 bridgehead atoms. The maximum Gasteiger partial charge on any atom is 0.258 e. The lowest BCUT2D eigenvalue weighted by Gasteiger charge is -2.02. The highest BCUT2D eigenvalue weighted by Crippen LogP contribution is 2.27. The van der Waals surface area contributed by atoms with Gasteiger partial charge in [0.15, 0.2) is 17.3 Å². The summed E-state index contributed by atoms with van der Waals surface area (Å²) in [4.78, 5) is 4.39. The van der Waals surface area contributed by atoms with Crippen LogP contribution in [0.25, 0.3) is 22.9 Å². The number of rotatable bonds is 4. The number of hydrogen-bond donors (Lipinski definition) is 0. The van der Waals surface area contributed by atoms with Gasteiger partial charge in [0.1, 0.15) is 12.8 Å². The monoisotopic (exact) mass is 382 g/mol. The van der Waals surface area contributed by atoms with Crippen molar-refractivity contribution in [2.45, 2.75) is 26.8 Å². The van der Waals surface area contributed by atoms with Crippen molar-refractivity contribution in [1.29, 1.82) is 0 Å². The van der Waals surface area contributed by atoms with Crippen LogP contribution in [0.3, 0.4) is 0 Å². The second-order valence-corrected chi connectivity index (χ2v) is 6.00. The lowest BCUT2D eigenvalue weighted by Crippen LogP contribution is -2.10. The summed E-state index contributed by atoms with van der Waals surface area (Å²) in [5.41, 5.74) is 2.89. The third-order valence-corrected chi connectivity index (χ3v) is 4.25. The van der Waals surface area contributed by atoms with E-state index in [0.717, 1.165) is 15.6 Å². The highest BCUT2D eigenvalue weighted by molar-refractivity contribution is 9.10. The average Bonchev–Trinajstić information content (AvgIpc) is 3.07. The summed E-state index contributed by atoms with van der Waals surface area (Å²) in [5, 5.41) is 8.06. The number of halogens is 3. The number of benzene rings is 1. The molecular weight excluding hydrogens is 370 g/mol. The van der Waals surface area contributed by atoms with Crippen LogP contribution in [0.5, 0.6) is 0 Å². The van der Waals surface area contributed by atoms with E-state index >= 15 is 0 Å². The standard InChI is InChI=1S/C15H13BrF2N4O/c1-8-5-10(3-4-11(8)16)14-19-15(13-9(2)7-23-21-13)22(20-14)6-12(17)18/h3-5,7,12H,6H2,1-2H3. The molecule has 0 aliphatic rings. The van der Waals surface area contributed by atoms with Gasteiger partial charge in [0, 0.05) is 15.6 Å². The fourth-order valence-corrected chi connectivity index (χ4v) is 2.43. The normalized spacial score (nSPS) is 11.4. The summed E-state index contributed by atoms with van der Waals surface area (Å²) < 4.78 is 32.7. The van der Waals surface area contributed by atoms with E-state index in [0.29, 0.717) is 17.1 Å². The fourth-order valence-electron chi connectivity index (χ4n) is 2.18. The molecule has 0 aliphatic carbocycles. The van der Waals surface area contributed by atoms with Crippen LogP contribution in [0.4, 0.5) is 8.78 Å². The van der Waals surface area contributed by atoms with Gasteiger partial charge < -0.3 is 4.52 Å². The molecule has 0 amide bonds. The molecule has 3 rings (SSSR count). The van der Waals surface area contributed by atoms with Crippen LogP contribution in [0.1, 0.15) is 11.1 Å². The zero-order valence-electron chi connectivity index (χ0n) is 12.4. The van der Waals surface area contributed by atoms with E-state index in [9.17, 15) is 8.78 Å². The van der Waals surface area contributed by atoms with E-state index in [-0.39, 0.29) is 5.82 Å². The van der Waals surface area contributed by atoms with Crippen LogP contribution >= 0.6 is 15.9 Å². The molecule has 120 valence electrons. The Morgan fingerprint density at radius 2 is 2.04 bits per heavy atom. The van der Waals surface area contributed by atoms with Crippen molar-refractivity contribution in [3.8, 4) is 22.9 Å². The van der Waals surface area contributed by atoms with E-state index in [1.807, 2.05) is 25.1 Å². The zero-order chi connectivity index (χ0) is 16.6. The Hall–Kier alpha value is -2.09. The third-order valence-electron chi connectivity index (χ3n) is 3.36. The van der Waals surface area contributed by atoms with Gasteiger partial charge in [0.2, 0.25) is 0 Å². The molecule has 0 fully saturated rings. The maximum atomic E-state index is 12.8. The van der Waals surface area contributed by atoms with Crippen molar-refractivity contribution in [1.82, 2.24) is 19.9 Å². The Bertz CT molecular complexity index is 844. The Morgan fingerprint density at radius 3 is 2.65 bits per heavy atom. The van der Waals surface area contributed by atoms with Crippen LogP contribution in [-0.2, 0) is 6.54 Å². The van der Waals surface area contributed by atoms with Crippen molar-refractivity contribution in [2.24, 2.45) is 0 Å². The molecule has 2 heterocycles. The van der Waals surface area contributed by atoms with Crippen LogP contribution in [0, 0.1) is 13.8 Å². The van der Waals surface area contributed by atoms with Crippen molar-refractivity contribution < 1.29 is 13.3 Å². The molecule has 0 saturated heterocycles. The summed E-state index contributed by atoms with van der Waals surface area (Å²) in [5.74, 6) is 0.644. The number of nitrogens with zero attached hydrogens (tertiary/aromatic N) is 4. The van der Waals surface area contributed by atoms with Crippen LogP contribution in [-0.4, -0.2) is 26.3 Å². The molecule has 0 spiro atoms. The summed E-state index contributed by atoms with van der Waals surface area (Å²) in [6.07, 6.45) is -1.10. The molecule has 5 nitrogen and oxygen atoms in total. The molecule has 2 aromatic heterocycles. The summed E-state index contributed by atoms with van der Waals surface area (Å²) in [6, 6.07) is 5.60. The minimum Gasteiger partial charge on any atom is -0.364 e. The van der Waals surface area contributed by atoms with Gasteiger partial charge in [-0.2, -0.15) is 5.10 Å². The van der Waals surface area contributed by atoms with Gasteiger partial charge in [-0.25, -0.2) is 18.4 Å². The quantitative estimate of drug-likeness (QED) is 0.676. The molecule has 3 aromatic rings. The highest BCUT2D eigenvalue weighted by Gasteiger charge is 2.20. The van der Waals surface area contributed by atoms with Crippen molar-refractivity contribution in [3.63, 3.8) is 0 Å². The molecule has 0 aliphatic heterocycles. The predicted octanol–water partition coefficient (Wildman–Crippen LogP) is 4.24. The molecule has 0 saturated carbocycles. The van der Waals surface area contributed by atoms with E-state index in [4.69, 9.17) is 4.52 Å². The maximum absolute atomic E-state index is 12.8. The van der Waals surface area contributed by atoms with Gasteiger partial charge in [-0.1, -0.05) is 21.1 Å². The molecule has 0 unspecified atom stereocenters. The van der Waals surface area contributed by atoms with Crippen LogP contribution in [0.2, 0.25) is 0 Å². The van der Waals surface area contributed by atoms with Gasteiger partial charge in [0.05, 0.1) is 0 Å². The Labute approximate surface area is 139 Å². The van der Waals surface area contributed by atoms with Gasteiger partial charge in [-0.15, -0.1) is 0 Å². The van der Waals surface area contributed by atoms with E-state index < -0.39 is 13.0 Å². The second-order valence-electron chi connectivity index (χ2n) is 5.14. The molecule has 0 N–H and O–H groups in total. The smallest absolute Gasteiger partial charge is 0.258 e. The van der Waals surface area contributed by atoms with Gasteiger partial charge in [0.25, 0.3) is 6.43 Å². The minimum atomic E-state index is -2.54. The predicted molar refractivity (Wildman–Crippen MR) is 84.1 cm³/mol. The molecule has 1 aromatic carbocycles. The topological polar surface area (TPSA) is 56.7 Å². The first kappa shape index (κ1) is 15.8. The SMILES string of the molecule is Cc1cc(-c2nc(-c3nocc3C)n(CC(F)F)n2)ccc1Br. The Balaban J connectivity index is 2.10. The van der Waals surface area contributed by atoms with E-state index in [1.54, 1.807) is 6.92 Å². The third kappa shape index (κ3) is 3.17. The molecule has 8 heteroatoms. The molecule has 0 atom stereocenters. The van der Waals surface area contributed by atoms with Crippen molar-refractivity contribution in [3.05, 3.63) is 40.1 Å². The van der Waals surface area contributed by atoms with E-state index in [2.05, 4.69) is 31.2 Å². The fraction of sp³-hybridized carbons (Fsp3) is 0.267. The molecule has 23 heavy (non-hydrogen) atoms. The number of alkyl halides is 2. The van der Waals surface area contributed by atoms with Gasteiger partial charge in [-0.3, -0.25) is 0 Å². The summed E-state index contributed by atoms with van der Waals surface area (Å²) in [7, 11) is 0. The van der Waals surface area contributed by atoms with Crippen molar-refractivity contribution in [2.75, 3.05) is 0 Å². The molecular formula is C15H13BrF2N4O. The second kappa shape index (κ2) is 6.19. The van der Waals surface area contributed by atoms with Crippen LogP contribution in [0.15, 0.2) is 33.5 Å². The first-order chi connectivity index (χ1) is 11.0. The number of hydrogen-bond acceptors (Lipinski definition) is 4. The first-order valence-electron chi connectivity index (χ1n) is 6.86. The van der Waals surface area contributed by atoms with Crippen molar-refractivity contribution >= 4 is 15.9 Å². The van der Waals surface area contributed by atoms with Crippen LogP contribution < -0.4 is 0 Å². The van der Waals surface area contributed by atoms with E-state index in [1.165, 1.54) is 10.9 Å². The minimum absolute atomic E-state index is 0.270. The summed E-state index contributed by atoms with van der Waals surface area (Å²) >= 11 is 3.43. The number of aryl methyl sites for hydroxylation is 2. The largest absolute Gasteiger partial charge is 0.364 e. The Morgan fingerprint density at radius 1 is 1.26 bits per heavy atom. The lowest BCUT2D eigenvalue weighted by atomic mass is 10.1. The molecule has 0 radical (unpaired) electrons. The first-order valence-corrected chi connectivity index (χ1v) is 7.66. The summed E-state index contributed by atoms with van der Waals surface area (Å²) in [6.45, 7) is 3.16. The lowest BCUT2D eigenvalue weighted by molar-refractivity contribution is 0.122. The highest BCUT2D eigenvalue weighted by atomic mass is 79.9. The van der Waals surface area contributed by atoms with Gasteiger partial charge >= 0.3 is 0 Å². The zero-order valence-corrected chi connectivity index (χ0v) is 14.0. The van der Waals surface area contributed by atoms with Gasteiger partial charge in [-0.05, 0) is 37.6 Å². The number of aromatic nitrogens is 4.